The van der Waals surface area contributed by atoms with Crippen LogP contribution in [-0.2, 0) is 0 Å². The fourth-order valence-electron chi connectivity index (χ4n) is 3.83. The maximum atomic E-state index is 5.06. The number of aromatic nitrogens is 2. The molecule has 0 unspecified atom stereocenters. The van der Waals surface area contributed by atoms with E-state index < -0.39 is 0 Å². The van der Waals surface area contributed by atoms with E-state index >= 15 is 0 Å². The van der Waals surface area contributed by atoms with Crippen molar-refractivity contribution in [3.63, 3.8) is 0 Å². The Bertz CT molecular complexity index is 1260. The number of aromatic amines is 1. The molecule has 2 aromatic heterocycles. The van der Waals surface area contributed by atoms with Gasteiger partial charge in [0.15, 0.2) is 0 Å². The highest BCUT2D eigenvalue weighted by Crippen LogP contribution is 2.35. The highest BCUT2D eigenvalue weighted by atomic mass is 14.8. The van der Waals surface area contributed by atoms with Crippen molar-refractivity contribution < 1.29 is 0 Å². The maximum absolute atomic E-state index is 5.06. The van der Waals surface area contributed by atoms with Gasteiger partial charge in [-0.25, -0.2) is 4.98 Å². The molecule has 2 heterocycles. The number of pyridine rings is 1. The highest BCUT2D eigenvalue weighted by Gasteiger charge is 2.14. The van der Waals surface area contributed by atoms with Crippen LogP contribution in [-0.4, -0.2) is 9.97 Å². The van der Waals surface area contributed by atoms with Gasteiger partial charge in [0.05, 0.1) is 16.7 Å². The Balaban J connectivity index is 1.79. The first-order valence-electron chi connectivity index (χ1n) is 9.78. The van der Waals surface area contributed by atoms with E-state index in [1.165, 1.54) is 16.7 Å². The fourth-order valence-corrected chi connectivity index (χ4v) is 3.83. The van der Waals surface area contributed by atoms with Crippen LogP contribution >= 0.6 is 0 Å². The van der Waals surface area contributed by atoms with Crippen molar-refractivity contribution in [1.82, 2.24) is 9.97 Å². The SMILES string of the molecule is CC(C)c1ccc(-c2cc(-c3ccccc3)c3[nH]c4ccccc4c3n2)cc1. The molecule has 0 aliphatic rings. The van der Waals surface area contributed by atoms with Crippen LogP contribution < -0.4 is 0 Å². The molecular weight excluding hydrogens is 340 g/mol. The average Bonchev–Trinajstić information content (AvgIpc) is 3.12. The molecule has 2 nitrogen and oxygen atoms in total. The van der Waals surface area contributed by atoms with Gasteiger partial charge in [0.25, 0.3) is 0 Å². The zero-order chi connectivity index (χ0) is 19.1. The molecule has 0 amide bonds. The van der Waals surface area contributed by atoms with Gasteiger partial charge in [-0.05, 0) is 29.2 Å². The van der Waals surface area contributed by atoms with Crippen molar-refractivity contribution >= 4 is 21.9 Å². The molecule has 0 aliphatic heterocycles. The van der Waals surface area contributed by atoms with Gasteiger partial charge >= 0.3 is 0 Å². The van der Waals surface area contributed by atoms with Gasteiger partial charge in [-0.2, -0.15) is 0 Å². The monoisotopic (exact) mass is 362 g/mol. The molecule has 5 aromatic rings. The minimum Gasteiger partial charge on any atom is -0.353 e. The number of para-hydroxylation sites is 1. The molecule has 0 fully saturated rings. The molecule has 5 rings (SSSR count). The smallest absolute Gasteiger partial charge is 0.0971 e. The first kappa shape index (κ1) is 16.8. The Labute approximate surface area is 164 Å². The van der Waals surface area contributed by atoms with E-state index in [1.54, 1.807) is 0 Å². The number of H-pyrrole nitrogens is 1. The second-order valence-corrected chi connectivity index (χ2v) is 7.59. The van der Waals surface area contributed by atoms with Gasteiger partial charge in [-0.15, -0.1) is 0 Å². The molecule has 3 aromatic carbocycles. The van der Waals surface area contributed by atoms with Crippen LogP contribution in [0.2, 0.25) is 0 Å². The van der Waals surface area contributed by atoms with Crippen LogP contribution in [0.4, 0.5) is 0 Å². The average molecular weight is 362 g/mol. The van der Waals surface area contributed by atoms with Crippen molar-refractivity contribution in [1.29, 1.82) is 0 Å². The summed E-state index contributed by atoms with van der Waals surface area (Å²) in [5.41, 5.74) is 9.12. The lowest BCUT2D eigenvalue weighted by atomic mass is 9.98. The third-order valence-electron chi connectivity index (χ3n) is 5.42. The third-order valence-corrected chi connectivity index (χ3v) is 5.42. The van der Waals surface area contributed by atoms with Gasteiger partial charge in [0, 0.05) is 22.0 Å². The molecule has 0 spiro atoms. The summed E-state index contributed by atoms with van der Waals surface area (Å²) >= 11 is 0. The van der Waals surface area contributed by atoms with Gasteiger partial charge in [0.1, 0.15) is 0 Å². The first-order valence-corrected chi connectivity index (χ1v) is 9.78. The molecule has 28 heavy (non-hydrogen) atoms. The van der Waals surface area contributed by atoms with E-state index in [0.717, 1.165) is 33.2 Å². The predicted molar refractivity (Wildman–Crippen MR) is 119 cm³/mol. The van der Waals surface area contributed by atoms with Crippen LogP contribution in [0.1, 0.15) is 25.3 Å². The molecule has 0 saturated carbocycles. The first-order chi connectivity index (χ1) is 13.7. The molecule has 0 bridgehead atoms. The number of nitrogens with one attached hydrogen (secondary N) is 1. The van der Waals surface area contributed by atoms with Crippen molar-refractivity contribution in [2.45, 2.75) is 19.8 Å². The fraction of sp³-hybridized carbons (Fsp3) is 0.115. The van der Waals surface area contributed by atoms with Gasteiger partial charge in [-0.1, -0.05) is 86.6 Å². The summed E-state index contributed by atoms with van der Waals surface area (Å²) in [6.07, 6.45) is 0. The van der Waals surface area contributed by atoms with Crippen molar-refractivity contribution in [3.8, 4) is 22.4 Å². The number of fused-ring (bicyclic) bond motifs is 3. The Morgan fingerprint density at radius 1 is 0.750 bits per heavy atom. The molecular formula is C26H22N2. The van der Waals surface area contributed by atoms with E-state index in [9.17, 15) is 0 Å². The second kappa shape index (κ2) is 6.65. The summed E-state index contributed by atoms with van der Waals surface area (Å²) in [6, 6.07) is 29.9. The largest absolute Gasteiger partial charge is 0.353 e. The van der Waals surface area contributed by atoms with Crippen LogP contribution in [0.5, 0.6) is 0 Å². The molecule has 136 valence electrons. The summed E-state index contributed by atoms with van der Waals surface area (Å²) in [5.74, 6) is 0.526. The predicted octanol–water partition coefficient (Wildman–Crippen LogP) is 7.17. The van der Waals surface area contributed by atoms with Crippen molar-refractivity contribution in [2.75, 3.05) is 0 Å². The Morgan fingerprint density at radius 3 is 2.21 bits per heavy atom. The van der Waals surface area contributed by atoms with Gasteiger partial charge in [-0.3, -0.25) is 0 Å². The van der Waals surface area contributed by atoms with Gasteiger partial charge in [0.2, 0.25) is 0 Å². The van der Waals surface area contributed by atoms with E-state index in [0.29, 0.717) is 5.92 Å². The summed E-state index contributed by atoms with van der Waals surface area (Å²) in [6.45, 7) is 4.44. The topological polar surface area (TPSA) is 28.7 Å². The number of benzene rings is 3. The summed E-state index contributed by atoms with van der Waals surface area (Å²) in [5, 5.41) is 1.16. The lowest BCUT2D eigenvalue weighted by molar-refractivity contribution is 0.867. The van der Waals surface area contributed by atoms with E-state index in [4.69, 9.17) is 4.98 Å². The summed E-state index contributed by atoms with van der Waals surface area (Å²) in [4.78, 5) is 8.65. The number of hydrogen-bond donors (Lipinski definition) is 1. The second-order valence-electron chi connectivity index (χ2n) is 7.59. The van der Waals surface area contributed by atoms with Crippen molar-refractivity contribution in [3.05, 3.63) is 90.5 Å². The number of rotatable bonds is 3. The van der Waals surface area contributed by atoms with Crippen molar-refractivity contribution in [2.24, 2.45) is 0 Å². The zero-order valence-corrected chi connectivity index (χ0v) is 16.1. The number of nitrogens with zero attached hydrogens (tertiary/aromatic N) is 1. The lowest BCUT2D eigenvalue weighted by Gasteiger charge is -2.10. The minimum atomic E-state index is 0.526. The third kappa shape index (κ3) is 2.78. The van der Waals surface area contributed by atoms with Gasteiger partial charge < -0.3 is 4.98 Å². The minimum absolute atomic E-state index is 0.526. The quantitative estimate of drug-likeness (QED) is 0.362. The Kier molecular flexibility index (Phi) is 3.98. The summed E-state index contributed by atoms with van der Waals surface area (Å²) in [7, 11) is 0. The molecule has 2 heteroatoms. The van der Waals surface area contributed by atoms with Crippen LogP contribution in [0.15, 0.2) is 84.9 Å². The van der Waals surface area contributed by atoms with E-state index in [2.05, 4.69) is 104 Å². The van der Waals surface area contributed by atoms with E-state index in [-0.39, 0.29) is 0 Å². The highest BCUT2D eigenvalue weighted by molar-refractivity contribution is 6.10. The molecule has 0 saturated heterocycles. The summed E-state index contributed by atoms with van der Waals surface area (Å²) < 4.78 is 0. The maximum Gasteiger partial charge on any atom is 0.0971 e. The van der Waals surface area contributed by atoms with Crippen LogP contribution in [0, 0.1) is 0 Å². The lowest BCUT2D eigenvalue weighted by Crippen LogP contribution is -1.90. The molecule has 0 aliphatic carbocycles. The molecule has 0 radical (unpaired) electrons. The standard InChI is InChI=1S/C26H22N2/c1-17(2)18-12-14-20(15-13-18)24-16-22(19-8-4-3-5-9-19)26-25(28-24)21-10-6-7-11-23(21)27-26/h3-17,27H,1-2H3. The molecule has 1 N–H and O–H groups in total. The van der Waals surface area contributed by atoms with Crippen LogP contribution in [0.3, 0.4) is 0 Å². The Morgan fingerprint density at radius 2 is 1.46 bits per heavy atom. The Hall–Kier alpha value is -3.39. The zero-order valence-electron chi connectivity index (χ0n) is 16.1. The molecule has 0 atom stereocenters. The normalized spacial score (nSPS) is 11.5. The van der Waals surface area contributed by atoms with E-state index in [1.807, 2.05) is 0 Å². The number of hydrogen-bond acceptors (Lipinski definition) is 1. The van der Waals surface area contributed by atoms with Crippen LogP contribution in [0.25, 0.3) is 44.3 Å².